The number of ether oxygens (including phenoxy) is 1. The van der Waals surface area contributed by atoms with Crippen LogP contribution in [0.15, 0.2) is 40.6 Å². The number of hydrogen-bond donors (Lipinski definition) is 1. The van der Waals surface area contributed by atoms with Gasteiger partial charge in [-0.15, -0.1) is 0 Å². The Morgan fingerprint density at radius 2 is 1.95 bits per heavy atom. The Hall–Kier alpha value is -1.59. The van der Waals surface area contributed by atoms with Gasteiger partial charge in [-0.1, -0.05) is 6.07 Å². The zero-order chi connectivity index (χ0) is 13.8. The van der Waals surface area contributed by atoms with Gasteiger partial charge in [-0.05, 0) is 43.3 Å². The van der Waals surface area contributed by atoms with Gasteiger partial charge < -0.3 is 10.5 Å². The van der Waals surface area contributed by atoms with Gasteiger partial charge in [0.05, 0.1) is 7.11 Å². The first-order valence-electron chi connectivity index (χ1n) is 6.00. The Bertz CT molecular complexity index is 555. The van der Waals surface area contributed by atoms with Crippen LogP contribution in [0.1, 0.15) is 24.1 Å². The number of benzene rings is 1. The molecule has 0 bridgehead atoms. The molecular weight excluding hydrogens is 258 g/mol. The zero-order valence-electron chi connectivity index (χ0n) is 11.3. The van der Waals surface area contributed by atoms with Gasteiger partial charge in [0.1, 0.15) is 5.75 Å². The number of methoxy groups -OCH3 is 1. The summed E-state index contributed by atoms with van der Waals surface area (Å²) in [6.07, 6.45) is 3.61. The van der Waals surface area contributed by atoms with E-state index in [4.69, 9.17) is 10.5 Å². The monoisotopic (exact) mass is 275 g/mol. The fraction of sp³-hybridized carbons (Fsp3) is 0.286. The van der Waals surface area contributed by atoms with E-state index < -0.39 is 0 Å². The summed E-state index contributed by atoms with van der Waals surface area (Å²) in [6, 6.07) is 5.76. The van der Waals surface area contributed by atoms with Gasteiger partial charge in [-0.25, -0.2) is 9.97 Å². The normalized spacial score (nSPS) is 12.2. The van der Waals surface area contributed by atoms with Crippen LogP contribution in [-0.4, -0.2) is 17.1 Å². The van der Waals surface area contributed by atoms with Crippen LogP contribution in [0, 0.1) is 6.92 Å². The summed E-state index contributed by atoms with van der Waals surface area (Å²) in [4.78, 5) is 9.63. The average Bonchev–Trinajstić information content (AvgIpc) is 2.40. The van der Waals surface area contributed by atoms with Crippen molar-refractivity contribution in [1.29, 1.82) is 0 Å². The molecule has 19 heavy (non-hydrogen) atoms. The SMILES string of the molecule is COc1cccc(Sc2ncc(C)cn2)c1[C@@H](C)N. The van der Waals surface area contributed by atoms with E-state index in [-0.39, 0.29) is 6.04 Å². The first-order valence-corrected chi connectivity index (χ1v) is 6.82. The zero-order valence-corrected chi connectivity index (χ0v) is 12.1. The van der Waals surface area contributed by atoms with Crippen LogP contribution in [-0.2, 0) is 0 Å². The van der Waals surface area contributed by atoms with E-state index in [1.807, 2.05) is 32.0 Å². The molecule has 0 aliphatic carbocycles. The van der Waals surface area contributed by atoms with Gasteiger partial charge in [-0.3, -0.25) is 0 Å². The molecular formula is C14H17N3OS. The predicted octanol–water partition coefficient (Wildman–Crippen LogP) is 2.96. The number of nitrogens with two attached hydrogens (primary N) is 1. The molecule has 0 saturated heterocycles. The summed E-state index contributed by atoms with van der Waals surface area (Å²) in [6.45, 7) is 3.91. The van der Waals surface area contributed by atoms with E-state index >= 15 is 0 Å². The number of rotatable bonds is 4. The van der Waals surface area contributed by atoms with Crippen molar-refractivity contribution in [2.24, 2.45) is 5.73 Å². The summed E-state index contributed by atoms with van der Waals surface area (Å²) in [5.74, 6) is 0.798. The van der Waals surface area contributed by atoms with Crippen molar-refractivity contribution >= 4 is 11.8 Å². The molecule has 2 N–H and O–H groups in total. The molecule has 0 fully saturated rings. The van der Waals surface area contributed by atoms with Gasteiger partial charge in [0.25, 0.3) is 0 Å². The van der Waals surface area contributed by atoms with Crippen LogP contribution >= 0.6 is 11.8 Å². The van der Waals surface area contributed by atoms with Gasteiger partial charge in [0.2, 0.25) is 0 Å². The number of nitrogens with zero attached hydrogens (tertiary/aromatic N) is 2. The first-order chi connectivity index (χ1) is 9.11. The number of aromatic nitrogens is 2. The van der Waals surface area contributed by atoms with Crippen LogP contribution in [0.5, 0.6) is 5.75 Å². The smallest absolute Gasteiger partial charge is 0.192 e. The molecule has 0 radical (unpaired) electrons. The van der Waals surface area contributed by atoms with Crippen LogP contribution in [0.25, 0.3) is 0 Å². The van der Waals surface area contributed by atoms with E-state index in [9.17, 15) is 0 Å². The molecule has 0 aliphatic rings. The van der Waals surface area contributed by atoms with Crippen molar-refractivity contribution in [3.8, 4) is 5.75 Å². The Balaban J connectivity index is 2.36. The average molecular weight is 275 g/mol. The maximum absolute atomic E-state index is 6.03. The molecule has 0 unspecified atom stereocenters. The minimum Gasteiger partial charge on any atom is -0.496 e. The molecule has 1 aromatic carbocycles. The van der Waals surface area contributed by atoms with E-state index in [1.54, 1.807) is 19.5 Å². The number of aryl methyl sites for hydroxylation is 1. The van der Waals surface area contributed by atoms with Crippen LogP contribution in [0.4, 0.5) is 0 Å². The molecule has 1 heterocycles. The highest BCUT2D eigenvalue weighted by molar-refractivity contribution is 7.99. The van der Waals surface area contributed by atoms with E-state index in [0.717, 1.165) is 21.8 Å². The molecule has 4 nitrogen and oxygen atoms in total. The highest BCUT2D eigenvalue weighted by Gasteiger charge is 2.14. The lowest BCUT2D eigenvalue weighted by molar-refractivity contribution is 0.405. The lowest BCUT2D eigenvalue weighted by Crippen LogP contribution is -2.08. The van der Waals surface area contributed by atoms with Crippen LogP contribution < -0.4 is 10.5 Å². The molecule has 5 heteroatoms. The quantitative estimate of drug-likeness (QED) is 0.869. The van der Waals surface area contributed by atoms with Crippen molar-refractivity contribution < 1.29 is 4.74 Å². The predicted molar refractivity (Wildman–Crippen MR) is 76.5 cm³/mol. The molecule has 0 aliphatic heterocycles. The molecule has 2 rings (SSSR count). The molecule has 0 spiro atoms. The fourth-order valence-corrected chi connectivity index (χ4v) is 2.72. The molecule has 1 aromatic heterocycles. The summed E-state index contributed by atoms with van der Waals surface area (Å²) in [5.41, 5.74) is 8.06. The second-order valence-corrected chi connectivity index (χ2v) is 5.31. The third-order valence-corrected chi connectivity index (χ3v) is 3.63. The Morgan fingerprint density at radius 1 is 1.26 bits per heavy atom. The summed E-state index contributed by atoms with van der Waals surface area (Å²) < 4.78 is 5.37. The Labute approximate surface area is 117 Å². The molecule has 2 aromatic rings. The second kappa shape index (κ2) is 6.04. The third-order valence-electron chi connectivity index (χ3n) is 2.66. The largest absolute Gasteiger partial charge is 0.496 e. The second-order valence-electron chi connectivity index (χ2n) is 4.31. The van der Waals surface area contributed by atoms with Crippen molar-refractivity contribution in [1.82, 2.24) is 9.97 Å². The van der Waals surface area contributed by atoms with Gasteiger partial charge >= 0.3 is 0 Å². The lowest BCUT2D eigenvalue weighted by Gasteiger charge is -2.15. The molecule has 1 atom stereocenters. The van der Waals surface area contributed by atoms with Gasteiger partial charge in [0.15, 0.2) is 5.16 Å². The summed E-state index contributed by atoms with van der Waals surface area (Å²) in [5, 5.41) is 0.709. The van der Waals surface area contributed by atoms with Crippen molar-refractivity contribution in [3.05, 3.63) is 41.7 Å². The lowest BCUT2D eigenvalue weighted by atomic mass is 10.1. The van der Waals surface area contributed by atoms with Crippen molar-refractivity contribution in [2.75, 3.05) is 7.11 Å². The highest BCUT2D eigenvalue weighted by atomic mass is 32.2. The Kier molecular flexibility index (Phi) is 4.39. The topological polar surface area (TPSA) is 61.0 Å². The third kappa shape index (κ3) is 3.24. The standard InChI is InChI=1S/C14H17N3OS/c1-9-7-16-14(17-8-9)19-12-6-4-5-11(18-3)13(12)10(2)15/h4-8,10H,15H2,1-3H3/t10-/m1/s1. The van der Waals surface area contributed by atoms with E-state index in [2.05, 4.69) is 9.97 Å². The minimum absolute atomic E-state index is 0.107. The maximum atomic E-state index is 6.03. The summed E-state index contributed by atoms with van der Waals surface area (Å²) >= 11 is 1.50. The highest BCUT2D eigenvalue weighted by Crippen LogP contribution is 2.36. The fourth-order valence-electron chi connectivity index (χ4n) is 1.77. The Morgan fingerprint density at radius 3 is 2.53 bits per heavy atom. The van der Waals surface area contributed by atoms with Crippen LogP contribution in [0.3, 0.4) is 0 Å². The maximum Gasteiger partial charge on any atom is 0.192 e. The number of hydrogen-bond acceptors (Lipinski definition) is 5. The first kappa shape index (κ1) is 13.8. The van der Waals surface area contributed by atoms with Crippen LogP contribution in [0.2, 0.25) is 0 Å². The van der Waals surface area contributed by atoms with Gasteiger partial charge in [0, 0.05) is 28.9 Å². The van der Waals surface area contributed by atoms with Gasteiger partial charge in [-0.2, -0.15) is 0 Å². The molecule has 0 saturated carbocycles. The minimum atomic E-state index is -0.107. The summed E-state index contributed by atoms with van der Waals surface area (Å²) in [7, 11) is 1.65. The van der Waals surface area contributed by atoms with Crippen molar-refractivity contribution in [2.45, 2.75) is 29.9 Å². The van der Waals surface area contributed by atoms with E-state index in [1.165, 1.54) is 11.8 Å². The molecule has 0 amide bonds. The molecule has 100 valence electrons. The van der Waals surface area contributed by atoms with Crippen molar-refractivity contribution in [3.63, 3.8) is 0 Å². The van der Waals surface area contributed by atoms with E-state index in [0.29, 0.717) is 5.16 Å².